The predicted octanol–water partition coefficient (Wildman–Crippen LogP) is 1.57. The van der Waals surface area contributed by atoms with Crippen LogP contribution in [0.4, 0.5) is 0 Å². The van der Waals surface area contributed by atoms with Crippen LogP contribution in [0, 0.1) is 0 Å². The summed E-state index contributed by atoms with van der Waals surface area (Å²) in [4.78, 5) is 31.1. The second-order valence-corrected chi connectivity index (χ2v) is 5.61. The average molecular weight is 329 g/mol. The van der Waals surface area contributed by atoms with Crippen LogP contribution in [0.1, 0.15) is 13.0 Å². The lowest BCUT2D eigenvalue weighted by molar-refractivity contribution is -0.133. The highest BCUT2D eigenvalue weighted by atomic mass is 35.5. The number of fused-ring (bicyclic) bond motifs is 1. The smallest absolute Gasteiger partial charge is 0.313 e. The topological polar surface area (TPSA) is 97.1 Å². The summed E-state index contributed by atoms with van der Waals surface area (Å²) in [6.45, 7) is 1.70. The van der Waals surface area contributed by atoms with Crippen molar-refractivity contribution < 1.29 is 14.7 Å². The number of halogens is 1. The number of carbonyl (C=O) groups is 2. The number of aliphatic carboxylic acids is 1. The highest BCUT2D eigenvalue weighted by Gasteiger charge is 2.22. The molecule has 0 aliphatic carbocycles. The molecule has 2 rings (SSSR count). The third-order valence-electron chi connectivity index (χ3n) is 2.80. The molecule has 0 bridgehead atoms. The lowest BCUT2D eigenvalue weighted by Gasteiger charge is -2.14. The minimum atomic E-state index is -0.961. The van der Waals surface area contributed by atoms with Gasteiger partial charge in [0.05, 0.1) is 10.8 Å². The van der Waals surface area contributed by atoms with Gasteiger partial charge in [-0.05, 0) is 13.0 Å². The summed E-state index contributed by atoms with van der Waals surface area (Å²) >= 11 is 6.92. The molecule has 1 unspecified atom stereocenters. The Hall–Kier alpha value is -1.80. The van der Waals surface area contributed by atoms with Gasteiger partial charge in [0.25, 0.3) is 0 Å². The summed E-state index contributed by atoms with van der Waals surface area (Å²) in [6, 6.07) is 1.06. The Labute approximate surface area is 129 Å². The molecule has 9 heteroatoms. The van der Waals surface area contributed by atoms with Crippen LogP contribution < -0.4 is 5.32 Å². The van der Waals surface area contributed by atoms with Gasteiger partial charge < -0.3 is 10.4 Å². The van der Waals surface area contributed by atoms with Crippen LogP contribution >= 0.6 is 23.4 Å². The molecular weight excluding hydrogens is 316 g/mol. The van der Waals surface area contributed by atoms with Gasteiger partial charge in [-0.15, -0.1) is 0 Å². The second kappa shape index (κ2) is 6.31. The number of pyridine rings is 1. The molecule has 2 N–H and O–H groups in total. The number of likely N-dealkylation sites (N-methyl/N-ethyl adjacent to an activating group) is 1. The Bertz CT molecular complexity index is 703. The number of carbonyl (C=O) groups excluding carboxylic acids is 1. The van der Waals surface area contributed by atoms with Gasteiger partial charge in [0, 0.05) is 13.2 Å². The summed E-state index contributed by atoms with van der Waals surface area (Å²) in [5.74, 6) is -1.34. The number of rotatable bonds is 5. The molecule has 2 aromatic rings. The molecule has 1 amide bonds. The Balaban J connectivity index is 2.54. The summed E-state index contributed by atoms with van der Waals surface area (Å²) in [5, 5.41) is 12.2. The molecule has 0 radical (unpaired) electrons. The molecule has 0 saturated heterocycles. The highest BCUT2D eigenvalue weighted by Crippen LogP contribution is 2.28. The van der Waals surface area contributed by atoms with Crippen LogP contribution in [-0.4, -0.2) is 44.3 Å². The van der Waals surface area contributed by atoms with Crippen molar-refractivity contribution in [1.82, 2.24) is 19.9 Å². The molecule has 0 aromatic carbocycles. The van der Waals surface area contributed by atoms with Gasteiger partial charge in [-0.25, -0.2) is 9.97 Å². The van der Waals surface area contributed by atoms with Crippen molar-refractivity contribution in [3.05, 3.63) is 17.3 Å². The Morgan fingerprint density at radius 2 is 2.29 bits per heavy atom. The molecular formula is C12H13ClN4O3S. The number of carboxylic acids is 1. The Morgan fingerprint density at radius 1 is 1.57 bits per heavy atom. The fourth-order valence-corrected chi connectivity index (χ4v) is 2.79. The van der Waals surface area contributed by atoms with Crippen LogP contribution in [0.3, 0.4) is 0 Å². The number of amides is 1. The van der Waals surface area contributed by atoms with E-state index in [0.29, 0.717) is 21.3 Å². The van der Waals surface area contributed by atoms with Crippen LogP contribution in [-0.2, 0) is 9.59 Å². The maximum atomic E-state index is 11.9. The molecule has 0 spiro atoms. The standard InChI is InChI=1S/C12H13ClN4O3S/c1-6(11(20)14-2)17-10-8(3-7(13)4-15-10)16-12(17)21-5-9(18)19/h3-4,6H,5H2,1-2H3,(H,14,20)(H,18,19). The van der Waals surface area contributed by atoms with Gasteiger partial charge in [-0.1, -0.05) is 23.4 Å². The molecule has 0 aliphatic heterocycles. The fourth-order valence-electron chi connectivity index (χ4n) is 1.84. The van der Waals surface area contributed by atoms with E-state index in [1.807, 2.05) is 0 Å². The van der Waals surface area contributed by atoms with Gasteiger partial charge in [-0.2, -0.15) is 0 Å². The number of nitrogens with one attached hydrogen (secondary N) is 1. The summed E-state index contributed by atoms with van der Waals surface area (Å²) < 4.78 is 1.61. The number of nitrogens with zero attached hydrogens (tertiary/aromatic N) is 3. The molecule has 7 nitrogen and oxygen atoms in total. The summed E-state index contributed by atoms with van der Waals surface area (Å²) in [6.07, 6.45) is 1.46. The van der Waals surface area contributed by atoms with E-state index < -0.39 is 12.0 Å². The van der Waals surface area contributed by atoms with Gasteiger partial charge in [-0.3, -0.25) is 14.2 Å². The monoisotopic (exact) mass is 328 g/mol. The molecule has 2 aromatic heterocycles. The Kier molecular flexibility index (Phi) is 4.69. The minimum absolute atomic E-state index is 0.155. The largest absolute Gasteiger partial charge is 0.481 e. The number of imidazole rings is 1. The van der Waals surface area contributed by atoms with Crippen molar-refractivity contribution in [2.24, 2.45) is 0 Å². The summed E-state index contributed by atoms with van der Waals surface area (Å²) in [5.41, 5.74) is 1.01. The molecule has 112 valence electrons. The molecule has 0 aliphatic rings. The molecule has 0 saturated carbocycles. The lowest BCUT2D eigenvalue weighted by Crippen LogP contribution is -2.28. The quantitative estimate of drug-likeness (QED) is 0.809. The minimum Gasteiger partial charge on any atom is -0.481 e. The van der Waals surface area contributed by atoms with Crippen LogP contribution in [0.25, 0.3) is 11.2 Å². The van der Waals surface area contributed by atoms with E-state index in [9.17, 15) is 9.59 Å². The zero-order valence-electron chi connectivity index (χ0n) is 11.3. The van der Waals surface area contributed by atoms with E-state index in [0.717, 1.165) is 11.8 Å². The van der Waals surface area contributed by atoms with Gasteiger partial charge >= 0.3 is 5.97 Å². The third-order valence-corrected chi connectivity index (χ3v) is 3.95. The van der Waals surface area contributed by atoms with E-state index in [2.05, 4.69) is 15.3 Å². The van der Waals surface area contributed by atoms with Crippen molar-refractivity contribution in [2.45, 2.75) is 18.1 Å². The van der Waals surface area contributed by atoms with E-state index in [4.69, 9.17) is 16.7 Å². The molecule has 21 heavy (non-hydrogen) atoms. The second-order valence-electron chi connectivity index (χ2n) is 4.23. The van der Waals surface area contributed by atoms with Gasteiger partial charge in [0.15, 0.2) is 10.8 Å². The number of aromatic nitrogens is 3. The number of thioether (sulfide) groups is 1. The normalized spacial score (nSPS) is 12.3. The van der Waals surface area contributed by atoms with Crippen molar-refractivity contribution in [3.63, 3.8) is 0 Å². The first-order valence-corrected chi connectivity index (χ1v) is 7.40. The first kappa shape index (κ1) is 15.6. The van der Waals surface area contributed by atoms with E-state index >= 15 is 0 Å². The zero-order chi connectivity index (χ0) is 15.6. The maximum absolute atomic E-state index is 11.9. The van der Waals surface area contributed by atoms with E-state index in [1.54, 1.807) is 17.6 Å². The van der Waals surface area contributed by atoms with E-state index in [1.165, 1.54) is 13.2 Å². The van der Waals surface area contributed by atoms with Crippen molar-refractivity contribution in [2.75, 3.05) is 12.8 Å². The fraction of sp³-hybridized carbons (Fsp3) is 0.333. The van der Waals surface area contributed by atoms with Gasteiger partial charge in [0.1, 0.15) is 11.6 Å². The van der Waals surface area contributed by atoms with Crippen molar-refractivity contribution in [1.29, 1.82) is 0 Å². The number of hydrogen-bond donors (Lipinski definition) is 2. The average Bonchev–Trinajstić information content (AvgIpc) is 2.80. The molecule has 0 fully saturated rings. The van der Waals surface area contributed by atoms with Crippen LogP contribution in [0.2, 0.25) is 5.02 Å². The first-order chi connectivity index (χ1) is 9.93. The number of hydrogen-bond acceptors (Lipinski definition) is 5. The van der Waals surface area contributed by atoms with Crippen LogP contribution in [0.5, 0.6) is 0 Å². The zero-order valence-corrected chi connectivity index (χ0v) is 12.9. The number of carboxylic acid groups (broad SMARTS) is 1. The summed E-state index contributed by atoms with van der Waals surface area (Å²) in [7, 11) is 1.53. The predicted molar refractivity (Wildman–Crippen MR) is 79.7 cm³/mol. The SMILES string of the molecule is CNC(=O)C(C)n1c(SCC(=O)O)nc2cc(Cl)cnc21. The highest BCUT2D eigenvalue weighted by molar-refractivity contribution is 7.99. The van der Waals surface area contributed by atoms with Crippen molar-refractivity contribution in [3.8, 4) is 0 Å². The molecule has 1 atom stereocenters. The maximum Gasteiger partial charge on any atom is 0.313 e. The van der Waals surface area contributed by atoms with E-state index in [-0.39, 0.29) is 11.7 Å². The van der Waals surface area contributed by atoms with Crippen molar-refractivity contribution >= 4 is 46.4 Å². The molecule has 2 heterocycles. The Morgan fingerprint density at radius 3 is 2.90 bits per heavy atom. The third kappa shape index (κ3) is 3.27. The first-order valence-electron chi connectivity index (χ1n) is 6.03. The van der Waals surface area contributed by atoms with Gasteiger partial charge in [0.2, 0.25) is 5.91 Å². The lowest BCUT2D eigenvalue weighted by atomic mass is 10.3. The van der Waals surface area contributed by atoms with Crippen LogP contribution in [0.15, 0.2) is 17.4 Å².